The standard InChI is InChI=1S/C13H14N4OS/c1-3-8-4-5-11(18-2)9(6-8)10-7-19-13-16-15-12(14)17(10)13/h4-7H,3H2,1-2H3,(H2,14,15). The van der Waals surface area contributed by atoms with E-state index in [0.717, 1.165) is 28.4 Å². The summed E-state index contributed by atoms with van der Waals surface area (Å²) in [5.74, 6) is 1.22. The maximum absolute atomic E-state index is 5.88. The van der Waals surface area contributed by atoms with Gasteiger partial charge in [-0.05, 0) is 24.1 Å². The van der Waals surface area contributed by atoms with E-state index >= 15 is 0 Å². The van der Waals surface area contributed by atoms with Crippen LogP contribution < -0.4 is 10.5 Å². The Balaban J connectivity index is 2.27. The van der Waals surface area contributed by atoms with Crippen molar-refractivity contribution in [3.63, 3.8) is 0 Å². The summed E-state index contributed by atoms with van der Waals surface area (Å²) in [7, 11) is 1.67. The molecule has 0 aliphatic rings. The molecule has 0 unspecified atom stereocenters. The number of methoxy groups -OCH3 is 1. The molecule has 0 aliphatic heterocycles. The number of thiazole rings is 1. The van der Waals surface area contributed by atoms with E-state index in [2.05, 4.69) is 29.3 Å². The van der Waals surface area contributed by atoms with Gasteiger partial charge < -0.3 is 10.5 Å². The van der Waals surface area contributed by atoms with Gasteiger partial charge in [0.25, 0.3) is 0 Å². The van der Waals surface area contributed by atoms with Crippen LogP contribution in [0.15, 0.2) is 23.6 Å². The molecule has 3 aromatic rings. The van der Waals surface area contributed by atoms with Gasteiger partial charge in [-0.1, -0.05) is 13.0 Å². The van der Waals surface area contributed by atoms with E-state index in [1.54, 1.807) is 7.11 Å². The lowest BCUT2D eigenvalue weighted by Gasteiger charge is -2.09. The van der Waals surface area contributed by atoms with Crippen LogP contribution in [-0.2, 0) is 6.42 Å². The van der Waals surface area contributed by atoms with E-state index in [0.29, 0.717) is 5.95 Å². The predicted octanol–water partition coefficient (Wildman–Crippen LogP) is 2.61. The second kappa shape index (κ2) is 4.55. The number of aromatic nitrogens is 3. The first-order chi connectivity index (χ1) is 9.24. The summed E-state index contributed by atoms with van der Waals surface area (Å²) in [5.41, 5.74) is 9.11. The third-order valence-corrected chi connectivity index (χ3v) is 3.94. The zero-order chi connectivity index (χ0) is 13.4. The van der Waals surface area contributed by atoms with Gasteiger partial charge in [-0.15, -0.1) is 21.5 Å². The predicted molar refractivity (Wildman–Crippen MR) is 76.6 cm³/mol. The van der Waals surface area contributed by atoms with Gasteiger partial charge in [-0.2, -0.15) is 0 Å². The third kappa shape index (κ3) is 1.84. The molecule has 0 radical (unpaired) electrons. The number of nitrogens with zero attached hydrogens (tertiary/aromatic N) is 3. The van der Waals surface area contributed by atoms with Crippen LogP contribution in [0, 0.1) is 0 Å². The van der Waals surface area contributed by atoms with Crippen molar-refractivity contribution in [3.05, 3.63) is 29.1 Å². The number of fused-ring (bicyclic) bond motifs is 1. The molecule has 0 spiro atoms. The Kier molecular flexibility index (Phi) is 2.87. The van der Waals surface area contributed by atoms with Crippen LogP contribution in [0.25, 0.3) is 16.2 Å². The van der Waals surface area contributed by atoms with Crippen LogP contribution in [0.1, 0.15) is 12.5 Å². The van der Waals surface area contributed by atoms with Gasteiger partial charge in [-0.25, -0.2) is 0 Å². The number of aryl methyl sites for hydroxylation is 1. The van der Waals surface area contributed by atoms with E-state index < -0.39 is 0 Å². The highest BCUT2D eigenvalue weighted by atomic mass is 32.1. The molecule has 5 nitrogen and oxygen atoms in total. The number of ether oxygens (including phenoxy) is 1. The van der Waals surface area contributed by atoms with Gasteiger partial charge in [0.15, 0.2) is 0 Å². The first kappa shape index (κ1) is 12.0. The number of nitrogen functional groups attached to an aromatic ring is 1. The molecule has 0 atom stereocenters. The molecule has 2 N–H and O–H groups in total. The Hall–Kier alpha value is -2.08. The fraction of sp³-hybridized carbons (Fsp3) is 0.231. The highest BCUT2D eigenvalue weighted by Crippen LogP contribution is 2.34. The quantitative estimate of drug-likeness (QED) is 0.797. The summed E-state index contributed by atoms with van der Waals surface area (Å²) < 4.78 is 7.29. The van der Waals surface area contributed by atoms with Crippen LogP contribution in [0.2, 0.25) is 0 Å². The average molecular weight is 274 g/mol. The Labute approximate surface area is 114 Å². The van der Waals surface area contributed by atoms with Crippen LogP contribution in [0.4, 0.5) is 5.95 Å². The normalized spacial score (nSPS) is 11.1. The molecular formula is C13H14N4OS. The Bertz CT molecular complexity index is 731. The second-order valence-corrected chi connectivity index (χ2v) is 5.02. The van der Waals surface area contributed by atoms with Gasteiger partial charge in [-0.3, -0.25) is 4.40 Å². The molecule has 1 aromatic carbocycles. The van der Waals surface area contributed by atoms with Gasteiger partial charge in [0, 0.05) is 10.9 Å². The number of benzene rings is 1. The molecule has 98 valence electrons. The average Bonchev–Trinajstić information content (AvgIpc) is 3.01. The molecule has 0 fully saturated rings. The number of nitrogens with two attached hydrogens (primary N) is 1. The Morgan fingerprint density at radius 3 is 2.95 bits per heavy atom. The molecule has 19 heavy (non-hydrogen) atoms. The van der Waals surface area contributed by atoms with E-state index in [9.17, 15) is 0 Å². The zero-order valence-electron chi connectivity index (χ0n) is 10.8. The van der Waals surface area contributed by atoms with Crippen molar-refractivity contribution in [2.75, 3.05) is 12.8 Å². The largest absolute Gasteiger partial charge is 0.496 e. The van der Waals surface area contributed by atoms with Gasteiger partial charge in [0.2, 0.25) is 10.9 Å². The number of rotatable bonds is 3. The van der Waals surface area contributed by atoms with Gasteiger partial charge in [0.1, 0.15) is 5.75 Å². The second-order valence-electron chi connectivity index (χ2n) is 4.19. The van der Waals surface area contributed by atoms with Gasteiger partial charge in [0.05, 0.1) is 12.8 Å². The first-order valence-corrected chi connectivity index (χ1v) is 6.88. The molecule has 3 rings (SSSR count). The van der Waals surface area contributed by atoms with E-state index in [1.807, 2.05) is 15.8 Å². The minimum atomic E-state index is 0.398. The highest BCUT2D eigenvalue weighted by Gasteiger charge is 2.15. The molecule has 0 saturated carbocycles. The van der Waals surface area contributed by atoms with Crippen LogP contribution in [0.5, 0.6) is 5.75 Å². The Morgan fingerprint density at radius 1 is 1.37 bits per heavy atom. The highest BCUT2D eigenvalue weighted by molar-refractivity contribution is 7.15. The summed E-state index contributed by atoms with van der Waals surface area (Å²) in [6.45, 7) is 2.13. The molecule has 0 saturated heterocycles. The van der Waals surface area contributed by atoms with E-state index in [1.165, 1.54) is 16.9 Å². The van der Waals surface area contributed by atoms with Crippen molar-refractivity contribution < 1.29 is 4.74 Å². The summed E-state index contributed by atoms with van der Waals surface area (Å²) in [6, 6.07) is 6.18. The zero-order valence-corrected chi connectivity index (χ0v) is 11.6. The van der Waals surface area contributed by atoms with Crippen LogP contribution in [0.3, 0.4) is 0 Å². The molecule has 6 heteroatoms. The third-order valence-electron chi connectivity index (χ3n) is 3.12. The van der Waals surface area contributed by atoms with Crippen molar-refractivity contribution in [1.29, 1.82) is 0 Å². The van der Waals surface area contributed by atoms with E-state index in [-0.39, 0.29) is 0 Å². The lowest BCUT2D eigenvalue weighted by molar-refractivity contribution is 0.416. The van der Waals surface area contributed by atoms with Gasteiger partial charge >= 0.3 is 0 Å². The fourth-order valence-corrected chi connectivity index (χ4v) is 2.94. The maximum Gasteiger partial charge on any atom is 0.227 e. The molecule has 2 heterocycles. The molecule has 0 aliphatic carbocycles. The van der Waals surface area contributed by atoms with Crippen LogP contribution >= 0.6 is 11.3 Å². The van der Waals surface area contributed by atoms with Crippen molar-refractivity contribution in [2.45, 2.75) is 13.3 Å². The number of hydrogen-bond acceptors (Lipinski definition) is 5. The minimum Gasteiger partial charge on any atom is -0.496 e. The first-order valence-electron chi connectivity index (χ1n) is 6.00. The van der Waals surface area contributed by atoms with Crippen LogP contribution in [-0.4, -0.2) is 21.7 Å². The van der Waals surface area contributed by atoms with Crippen molar-refractivity contribution in [2.24, 2.45) is 0 Å². The molecule has 0 bridgehead atoms. The Morgan fingerprint density at radius 2 is 2.21 bits per heavy atom. The van der Waals surface area contributed by atoms with Crippen molar-refractivity contribution >= 4 is 22.2 Å². The SMILES string of the molecule is CCc1ccc(OC)c(-c2csc3nnc(N)n23)c1. The minimum absolute atomic E-state index is 0.398. The smallest absolute Gasteiger partial charge is 0.227 e. The maximum atomic E-state index is 5.88. The fourth-order valence-electron chi connectivity index (χ4n) is 2.10. The lowest BCUT2D eigenvalue weighted by Crippen LogP contribution is -1.97. The number of hydrogen-bond donors (Lipinski definition) is 1. The lowest BCUT2D eigenvalue weighted by atomic mass is 10.1. The monoisotopic (exact) mass is 274 g/mol. The summed E-state index contributed by atoms with van der Waals surface area (Å²) in [6.07, 6.45) is 0.974. The van der Waals surface area contributed by atoms with Crippen molar-refractivity contribution in [1.82, 2.24) is 14.6 Å². The molecule has 0 amide bonds. The summed E-state index contributed by atoms with van der Waals surface area (Å²) >= 11 is 1.52. The summed E-state index contributed by atoms with van der Waals surface area (Å²) in [5, 5.41) is 9.95. The van der Waals surface area contributed by atoms with Crippen molar-refractivity contribution in [3.8, 4) is 17.0 Å². The topological polar surface area (TPSA) is 65.4 Å². The molecular weight excluding hydrogens is 260 g/mol. The summed E-state index contributed by atoms with van der Waals surface area (Å²) in [4.78, 5) is 0.788. The van der Waals surface area contributed by atoms with E-state index in [4.69, 9.17) is 10.5 Å². The number of anilines is 1. The molecule has 2 aromatic heterocycles.